The Morgan fingerprint density at radius 1 is 0.224 bits per heavy atom. The summed E-state index contributed by atoms with van der Waals surface area (Å²) in [7, 11) is 0. The third-order valence-electron chi connectivity index (χ3n) is 22.8. The molecule has 10 fully saturated rings. The van der Waals surface area contributed by atoms with E-state index in [9.17, 15) is 157 Å². The zero-order valence-corrected chi connectivity index (χ0v) is 67.7. The Morgan fingerprint density at radius 3 is 0.968 bits per heavy atom. The van der Waals surface area contributed by atoms with Crippen LogP contribution >= 0.6 is 0 Å². The Balaban J connectivity index is 1.02. The first-order valence-electron chi connectivity index (χ1n) is 40.0. The van der Waals surface area contributed by atoms with Gasteiger partial charge in [0.1, 0.15) is 238 Å². The molecule has 0 aliphatic carbocycles. The summed E-state index contributed by atoms with van der Waals surface area (Å²) in [6.07, 6.45) is -93.7. The molecule has 0 bridgehead atoms. The van der Waals surface area contributed by atoms with Crippen molar-refractivity contribution in [3.8, 4) is 0 Å². The molecule has 10 heterocycles. The van der Waals surface area contributed by atoms with Crippen LogP contribution in [-0.4, -0.2) is 529 Å². The minimum absolute atomic E-state index is 0.834. The molecule has 55 heteroatoms. The topological polar surface area (TPSA) is 847 Å². The smallest absolute Gasteiger partial charge is 0.217 e. The highest BCUT2D eigenvalue weighted by Gasteiger charge is 2.61. The molecule has 10 aliphatic heterocycles. The van der Waals surface area contributed by atoms with Crippen LogP contribution in [0.25, 0.3) is 0 Å². The van der Waals surface area contributed by atoms with Gasteiger partial charge in [-0.05, 0) is 6.92 Å². The molecule has 0 aromatic carbocycles. The number of hydrogen-bond acceptors (Lipinski definition) is 50. The monoisotopic (exact) mass is 1830 g/mol. The molecule has 0 spiro atoms. The summed E-state index contributed by atoms with van der Waals surface area (Å²) in [5.41, 5.74) is 0. The number of hydrogen-bond donors (Lipinski definition) is 31. The molecule has 31 N–H and O–H groups in total. The lowest BCUT2D eigenvalue weighted by molar-refractivity contribution is -0.398. The van der Waals surface area contributed by atoms with Gasteiger partial charge in [0.05, 0.1) is 65.6 Å². The maximum atomic E-state index is 13.3. The van der Waals surface area contributed by atoms with Crippen LogP contribution in [0.5, 0.6) is 0 Å². The van der Waals surface area contributed by atoms with Crippen LogP contribution in [0.1, 0.15) is 41.5 Å². The Morgan fingerprint density at radius 2 is 0.504 bits per heavy atom. The lowest BCUT2D eigenvalue weighted by Gasteiger charge is -2.51. The van der Waals surface area contributed by atoms with Crippen LogP contribution < -0.4 is 26.6 Å². The first-order chi connectivity index (χ1) is 59.0. The van der Waals surface area contributed by atoms with Gasteiger partial charge in [-0.15, -0.1) is 0 Å². The van der Waals surface area contributed by atoms with Gasteiger partial charge in [0.2, 0.25) is 29.5 Å². The van der Waals surface area contributed by atoms with E-state index >= 15 is 0 Å². The zero-order valence-electron chi connectivity index (χ0n) is 67.7. The molecule has 0 aromatic rings. The second-order valence-electron chi connectivity index (χ2n) is 31.8. The van der Waals surface area contributed by atoms with E-state index in [4.69, 9.17) is 90.0 Å². The minimum Gasteiger partial charge on any atom is -0.394 e. The number of aliphatic hydroxyl groups is 26. The lowest BCUT2D eigenvalue weighted by atomic mass is 9.93. The largest absolute Gasteiger partial charge is 0.394 e. The summed E-state index contributed by atoms with van der Waals surface area (Å²) in [5, 5.41) is 304. The molecule has 0 aromatic heterocycles. The third kappa shape index (κ3) is 23.3. The first kappa shape index (κ1) is 103. The summed E-state index contributed by atoms with van der Waals surface area (Å²) in [5.74, 6) is -4.58. The zero-order chi connectivity index (χ0) is 92.1. The molecule has 722 valence electrons. The fourth-order valence-corrected chi connectivity index (χ4v) is 16.1. The molecule has 50 atom stereocenters. The predicted molar refractivity (Wildman–Crippen MR) is 386 cm³/mol. The average Bonchev–Trinajstić information content (AvgIpc) is 0.763. The van der Waals surface area contributed by atoms with Gasteiger partial charge in [-0.3, -0.25) is 24.0 Å². The summed E-state index contributed by atoms with van der Waals surface area (Å²) >= 11 is 0. The normalized spacial score (nSPS) is 48.7. The summed E-state index contributed by atoms with van der Waals surface area (Å²) < 4.78 is 114. The fraction of sp³-hybridized carbons (Fsp3) is 0.929. The van der Waals surface area contributed by atoms with Crippen molar-refractivity contribution in [1.82, 2.24) is 26.6 Å². The van der Waals surface area contributed by atoms with Crippen LogP contribution in [-0.2, 0) is 114 Å². The van der Waals surface area contributed by atoms with Gasteiger partial charge in [0, 0.05) is 34.6 Å². The second-order valence-corrected chi connectivity index (χ2v) is 31.8. The highest BCUT2D eigenvalue weighted by Crippen LogP contribution is 2.40. The Kier molecular flexibility index (Phi) is 36.8. The Bertz CT molecular complexity index is 3420. The van der Waals surface area contributed by atoms with Crippen LogP contribution in [0.2, 0.25) is 0 Å². The van der Waals surface area contributed by atoms with E-state index in [0.29, 0.717) is 0 Å². The minimum atomic E-state index is -2.67. The summed E-state index contributed by atoms with van der Waals surface area (Å²) in [6.45, 7) is -3.72. The highest BCUT2D eigenvalue weighted by atomic mass is 16.8. The molecule has 5 amide bonds. The predicted octanol–water partition coefficient (Wildman–Crippen LogP) is -21.1. The van der Waals surface area contributed by atoms with E-state index in [-0.39, 0.29) is 0 Å². The number of ether oxygens (including phenoxy) is 19. The van der Waals surface area contributed by atoms with Gasteiger partial charge in [0.25, 0.3) is 0 Å². The Labute approximate surface area is 708 Å². The number of amides is 5. The van der Waals surface area contributed by atoms with Crippen molar-refractivity contribution in [1.29, 1.82) is 0 Å². The fourth-order valence-electron chi connectivity index (χ4n) is 16.1. The third-order valence-corrected chi connectivity index (χ3v) is 22.8. The second kappa shape index (κ2) is 44.9. The maximum Gasteiger partial charge on any atom is 0.217 e. The number of carbonyl (C=O) groups excluding carboxylic acids is 5. The molecular formula is C70H117N5O50. The molecule has 0 radical (unpaired) electrons. The average molecular weight is 1830 g/mol. The van der Waals surface area contributed by atoms with Gasteiger partial charge in [-0.25, -0.2) is 0 Å². The number of carbonyl (C=O) groups is 5. The molecule has 55 nitrogen and oxygen atoms in total. The molecule has 10 saturated heterocycles. The van der Waals surface area contributed by atoms with Crippen LogP contribution in [0.4, 0.5) is 0 Å². The van der Waals surface area contributed by atoms with Gasteiger partial charge >= 0.3 is 0 Å². The molecule has 10 aliphatic rings. The van der Waals surface area contributed by atoms with E-state index < -0.39 is 396 Å². The summed E-state index contributed by atoms with van der Waals surface area (Å²) in [4.78, 5) is 64.1. The van der Waals surface area contributed by atoms with Crippen molar-refractivity contribution in [3.05, 3.63) is 0 Å². The van der Waals surface area contributed by atoms with Gasteiger partial charge in [-0.2, -0.15) is 0 Å². The lowest BCUT2D eigenvalue weighted by Crippen LogP contribution is -2.71. The van der Waals surface area contributed by atoms with Crippen molar-refractivity contribution in [2.75, 3.05) is 59.5 Å². The molecule has 10 rings (SSSR count). The van der Waals surface area contributed by atoms with E-state index in [1.54, 1.807) is 0 Å². The molecule has 1 unspecified atom stereocenters. The number of rotatable bonds is 32. The number of nitrogens with one attached hydrogen (secondary N) is 5. The quantitative estimate of drug-likeness (QED) is 0.0297. The standard InChI is InChI=1S/C70H117N5O50/c1-16-36(87)48(99)52(103)66(110-16)108-15-30-57(45(96)31(61(106)111-30)71-17(2)82)120-64-34(74-20(5)85)46(97)56(27(12-81)116-64)122-68-54(105)58(123-70-60(125-63-33(73-19(4)84)44(95)38(89)23(8-77)113-63)51(102)41(92)28(119-70)13-107-62-32(72-18(3)83)43(94)37(88)22(7-76)112-62)42(93)29(118-68)14-109-69-59(50(101)40(91)25(10-79)115-69)124-65-35(75-21(6)86)47(98)55(26(11-80)117-65)121-67-53(104)49(100)39(90)24(9-78)114-67/h16,22-70,76-81,87-106H,7-15H2,1-6H3,(H,71,82)(H,72,83)(H,73,84)(H,74,85)(H,75,86)/t16-,22+,23+,24+,25+,26+,27+,28+,29+,30+,31+,32+,33+,34+,35+,36+,37+,38+,39-,40+,41+,42+,43+,44+,45+,46+,47+,48+,49-,50-,51-,52-,53+,54-,55+,56+,57+,58-,59-,60-,61?,62+,63-,64-,65-,66+,67-,68-,69-,70+/m0/s1. The van der Waals surface area contributed by atoms with Crippen molar-refractivity contribution >= 4 is 29.5 Å². The van der Waals surface area contributed by atoms with Crippen LogP contribution in [0, 0.1) is 0 Å². The van der Waals surface area contributed by atoms with Gasteiger partial charge in [-0.1, -0.05) is 0 Å². The first-order valence-corrected chi connectivity index (χ1v) is 40.0. The Hall–Kier alpha value is -4.45. The maximum absolute atomic E-state index is 13.3. The molecular weight excluding hydrogens is 1710 g/mol. The van der Waals surface area contributed by atoms with E-state index in [1.165, 1.54) is 6.92 Å². The molecule has 125 heavy (non-hydrogen) atoms. The van der Waals surface area contributed by atoms with Crippen molar-refractivity contribution in [2.45, 2.75) is 348 Å². The van der Waals surface area contributed by atoms with E-state index in [0.717, 1.165) is 34.6 Å². The molecule has 0 saturated carbocycles. The summed E-state index contributed by atoms with van der Waals surface area (Å²) in [6, 6.07) is -9.34. The van der Waals surface area contributed by atoms with Crippen molar-refractivity contribution in [2.24, 2.45) is 0 Å². The van der Waals surface area contributed by atoms with Crippen LogP contribution in [0.15, 0.2) is 0 Å². The van der Waals surface area contributed by atoms with Gasteiger partial charge < -0.3 is 249 Å². The SMILES string of the molecule is CC(=O)N[C@H]1[C@H](O[C@H]2[C@H](O)[C@@H](NC(C)=O)C(O)O[C@@H]2CO[C@@H]2O[C@@H](C)[C@@H](O)[C@@H](O)[C@@H]2O)O[C@H](CO)[C@@H](O[C@@H]2O[C@H](CO[C@H]3O[C@H](CO)[C@@H](O)[C@H](O)[C@@H]3O[C@@H]3O[C@H](CO)[C@@H](O[C@@H]4O[C@H](CO)[C@H](O)[C@H](O)[C@H]4O)[C@H](O)[C@H]3NC(C)=O)[C@@H](O)[C@H](O[C@H]3O[C@H](CO[C@@H]4O[C@H](CO)[C@@H](O)[C@H](O)[C@H]4NC(C)=O)[C@@H](O)[C@H](O)[C@@H]3O[C@@H]3O[C@H](CO)[C@@H](O)[C@H](O)[C@H]3NC(C)=O)[C@@H]2O)[C@@H]1O. The highest BCUT2D eigenvalue weighted by molar-refractivity contribution is 5.75. The van der Waals surface area contributed by atoms with Gasteiger partial charge in [0.15, 0.2) is 62.9 Å². The van der Waals surface area contributed by atoms with E-state index in [1.807, 2.05) is 0 Å². The van der Waals surface area contributed by atoms with E-state index in [2.05, 4.69) is 26.6 Å². The van der Waals surface area contributed by atoms with Crippen molar-refractivity contribution in [3.63, 3.8) is 0 Å². The number of aliphatic hydroxyl groups excluding tert-OH is 26. The van der Waals surface area contributed by atoms with Crippen LogP contribution in [0.3, 0.4) is 0 Å². The van der Waals surface area contributed by atoms with Crippen molar-refractivity contribution < 1.29 is 247 Å².